The molecule has 1 aliphatic carbocycles. The fourth-order valence-corrected chi connectivity index (χ4v) is 3.43. The quantitative estimate of drug-likeness (QED) is 0.822. The molecule has 0 radical (unpaired) electrons. The van der Waals surface area contributed by atoms with Crippen molar-refractivity contribution in [3.63, 3.8) is 0 Å². The van der Waals surface area contributed by atoms with Gasteiger partial charge < -0.3 is 15.2 Å². The lowest BCUT2D eigenvalue weighted by Crippen LogP contribution is -2.40. The molecule has 1 amide bonds. The monoisotopic (exact) mass is 353 g/mol. The summed E-state index contributed by atoms with van der Waals surface area (Å²) in [6.07, 6.45) is -0.700. The summed E-state index contributed by atoms with van der Waals surface area (Å²) in [4.78, 5) is 23.1. The van der Waals surface area contributed by atoms with Gasteiger partial charge in [0.25, 0.3) is 0 Å². The van der Waals surface area contributed by atoms with E-state index in [1.54, 1.807) is 0 Å². The minimum atomic E-state index is -0.942. The Bertz CT molecular complexity index is 770. The number of amides is 1. The second-order valence-electron chi connectivity index (χ2n) is 6.92. The van der Waals surface area contributed by atoms with Crippen molar-refractivity contribution in [2.75, 3.05) is 6.61 Å². The van der Waals surface area contributed by atoms with Gasteiger partial charge in [-0.05, 0) is 28.2 Å². The number of carbonyl (C=O) groups is 2. The Morgan fingerprint density at radius 1 is 1.04 bits per heavy atom. The molecule has 0 fully saturated rings. The summed E-state index contributed by atoms with van der Waals surface area (Å²) in [5.41, 5.74) is 4.63. The van der Waals surface area contributed by atoms with E-state index in [2.05, 4.69) is 29.6 Å². The molecule has 0 saturated carbocycles. The number of alkyl carbamates (subject to hydrolysis) is 1. The average molecular weight is 353 g/mol. The summed E-state index contributed by atoms with van der Waals surface area (Å²) in [7, 11) is 0. The van der Waals surface area contributed by atoms with Crippen LogP contribution in [0.2, 0.25) is 0 Å². The summed E-state index contributed by atoms with van der Waals surface area (Å²) in [5, 5.41) is 11.7. The van der Waals surface area contributed by atoms with Crippen LogP contribution in [0.25, 0.3) is 11.1 Å². The third kappa shape index (κ3) is 3.72. The van der Waals surface area contributed by atoms with Crippen LogP contribution in [-0.2, 0) is 9.53 Å². The van der Waals surface area contributed by atoms with Crippen molar-refractivity contribution in [1.29, 1.82) is 0 Å². The predicted molar refractivity (Wildman–Crippen MR) is 99.1 cm³/mol. The van der Waals surface area contributed by atoms with Crippen molar-refractivity contribution in [3.8, 4) is 11.1 Å². The summed E-state index contributed by atoms with van der Waals surface area (Å²) in [6.45, 7) is 3.96. The van der Waals surface area contributed by atoms with Crippen molar-refractivity contribution in [3.05, 3.63) is 59.7 Å². The Morgan fingerprint density at radius 2 is 1.58 bits per heavy atom. The van der Waals surface area contributed by atoms with Gasteiger partial charge in [0.1, 0.15) is 6.61 Å². The van der Waals surface area contributed by atoms with Gasteiger partial charge in [0.05, 0.1) is 6.42 Å². The van der Waals surface area contributed by atoms with Gasteiger partial charge in [-0.2, -0.15) is 0 Å². The molecular weight excluding hydrogens is 330 g/mol. The van der Waals surface area contributed by atoms with Crippen molar-refractivity contribution < 1.29 is 19.4 Å². The maximum atomic E-state index is 12.2. The van der Waals surface area contributed by atoms with Crippen molar-refractivity contribution in [1.82, 2.24) is 5.32 Å². The highest BCUT2D eigenvalue weighted by atomic mass is 16.5. The van der Waals surface area contributed by atoms with Crippen LogP contribution in [0.4, 0.5) is 4.79 Å². The Hall–Kier alpha value is -2.82. The van der Waals surface area contributed by atoms with Crippen molar-refractivity contribution in [2.24, 2.45) is 5.92 Å². The van der Waals surface area contributed by atoms with E-state index >= 15 is 0 Å². The number of nitrogens with one attached hydrogen (secondary N) is 1. The van der Waals surface area contributed by atoms with Crippen LogP contribution in [0.3, 0.4) is 0 Å². The number of carboxylic acid groups (broad SMARTS) is 1. The molecule has 0 heterocycles. The molecule has 136 valence electrons. The normalized spacial score (nSPS) is 13.8. The molecule has 1 atom stereocenters. The molecule has 2 aromatic carbocycles. The summed E-state index contributed by atoms with van der Waals surface area (Å²) >= 11 is 0. The molecule has 0 aliphatic heterocycles. The Kier molecular flexibility index (Phi) is 5.26. The first-order valence-corrected chi connectivity index (χ1v) is 8.80. The molecule has 2 aromatic rings. The van der Waals surface area contributed by atoms with Gasteiger partial charge in [-0.3, -0.25) is 4.79 Å². The van der Waals surface area contributed by atoms with Crippen LogP contribution in [0.1, 0.15) is 37.3 Å². The van der Waals surface area contributed by atoms with Gasteiger partial charge in [0.2, 0.25) is 0 Å². The molecule has 0 saturated heterocycles. The van der Waals surface area contributed by atoms with Crippen molar-refractivity contribution >= 4 is 12.1 Å². The molecule has 26 heavy (non-hydrogen) atoms. The lowest BCUT2D eigenvalue weighted by Gasteiger charge is -2.21. The number of fused-ring (bicyclic) bond motifs is 3. The average Bonchev–Trinajstić information content (AvgIpc) is 2.93. The molecule has 5 heteroatoms. The fraction of sp³-hybridized carbons (Fsp3) is 0.333. The minimum absolute atomic E-state index is 0.00609. The number of hydrogen-bond donors (Lipinski definition) is 2. The second-order valence-corrected chi connectivity index (χ2v) is 6.92. The van der Waals surface area contributed by atoms with Gasteiger partial charge in [-0.15, -0.1) is 0 Å². The zero-order chi connectivity index (χ0) is 18.7. The zero-order valence-corrected chi connectivity index (χ0v) is 14.9. The van der Waals surface area contributed by atoms with Gasteiger partial charge in [0.15, 0.2) is 0 Å². The lowest BCUT2D eigenvalue weighted by molar-refractivity contribution is -0.137. The number of rotatable bonds is 6. The molecular formula is C21H23NO4. The van der Waals surface area contributed by atoms with Gasteiger partial charge in [-0.1, -0.05) is 62.4 Å². The summed E-state index contributed by atoms with van der Waals surface area (Å²) in [5.74, 6) is -0.945. The molecule has 3 rings (SSSR count). The number of hydrogen-bond acceptors (Lipinski definition) is 3. The van der Waals surface area contributed by atoms with Crippen LogP contribution < -0.4 is 5.32 Å². The van der Waals surface area contributed by atoms with E-state index in [1.165, 1.54) is 11.1 Å². The summed E-state index contributed by atoms with van der Waals surface area (Å²) < 4.78 is 5.46. The van der Waals surface area contributed by atoms with Gasteiger partial charge in [-0.25, -0.2) is 4.79 Å². The Balaban J connectivity index is 1.70. The van der Waals surface area contributed by atoms with Gasteiger partial charge in [0, 0.05) is 12.0 Å². The molecule has 2 N–H and O–H groups in total. The standard InChI is InChI=1S/C21H23NO4/c1-13(2)19(11-20(23)24)22-21(25)26-12-18-16-9-5-3-7-14(16)15-8-4-6-10-17(15)18/h3-10,13,18-19H,11-12H2,1-2H3,(H,22,25)(H,23,24)/t19-/m0/s1. The third-order valence-corrected chi connectivity index (χ3v) is 4.85. The molecule has 0 unspecified atom stereocenters. The van der Waals surface area contributed by atoms with Crippen LogP contribution >= 0.6 is 0 Å². The maximum absolute atomic E-state index is 12.2. The molecule has 0 bridgehead atoms. The minimum Gasteiger partial charge on any atom is -0.481 e. The molecule has 5 nitrogen and oxygen atoms in total. The Labute approximate surface area is 153 Å². The van der Waals surface area contributed by atoms with Crippen LogP contribution in [-0.4, -0.2) is 29.8 Å². The largest absolute Gasteiger partial charge is 0.481 e. The molecule has 0 spiro atoms. The first-order chi connectivity index (χ1) is 12.5. The number of ether oxygens (including phenoxy) is 1. The number of carbonyl (C=O) groups excluding carboxylic acids is 1. The topological polar surface area (TPSA) is 75.6 Å². The fourth-order valence-electron chi connectivity index (χ4n) is 3.43. The molecule has 0 aromatic heterocycles. The lowest BCUT2D eigenvalue weighted by atomic mass is 9.98. The second kappa shape index (κ2) is 7.60. The number of aliphatic carboxylic acids is 1. The zero-order valence-electron chi connectivity index (χ0n) is 14.9. The maximum Gasteiger partial charge on any atom is 0.407 e. The first kappa shape index (κ1) is 18.0. The first-order valence-electron chi connectivity index (χ1n) is 8.80. The predicted octanol–water partition coefficient (Wildman–Crippen LogP) is 4.02. The van der Waals surface area contributed by atoms with E-state index in [9.17, 15) is 9.59 Å². The van der Waals surface area contributed by atoms with Crippen LogP contribution in [0.15, 0.2) is 48.5 Å². The van der Waals surface area contributed by atoms with E-state index in [0.717, 1.165) is 11.1 Å². The van der Waals surface area contributed by atoms with Gasteiger partial charge >= 0.3 is 12.1 Å². The smallest absolute Gasteiger partial charge is 0.407 e. The van der Waals surface area contributed by atoms with Crippen LogP contribution in [0.5, 0.6) is 0 Å². The Morgan fingerprint density at radius 3 is 2.08 bits per heavy atom. The van der Waals surface area contributed by atoms with Crippen molar-refractivity contribution in [2.45, 2.75) is 32.2 Å². The highest BCUT2D eigenvalue weighted by molar-refractivity contribution is 5.79. The molecule has 1 aliphatic rings. The van der Waals surface area contributed by atoms with E-state index < -0.39 is 18.1 Å². The number of benzene rings is 2. The number of carboxylic acids is 1. The third-order valence-electron chi connectivity index (χ3n) is 4.85. The van der Waals surface area contributed by atoms with E-state index in [-0.39, 0.29) is 24.9 Å². The van der Waals surface area contributed by atoms with E-state index in [0.29, 0.717) is 0 Å². The van der Waals surface area contributed by atoms with E-state index in [1.807, 2.05) is 38.1 Å². The SMILES string of the molecule is CC(C)[C@H](CC(=O)O)NC(=O)OCC1c2ccccc2-c2ccccc21. The van der Waals surface area contributed by atoms with E-state index in [4.69, 9.17) is 9.84 Å². The highest BCUT2D eigenvalue weighted by Crippen LogP contribution is 2.44. The highest BCUT2D eigenvalue weighted by Gasteiger charge is 2.29. The summed E-state index contributed by atoms with van der Waals surface area (Å²) in [6, 6.07) is 15.8. The van der Waals surface area contributed by atoms with Crippen LogP contribution in [0, 0.1) is 5.92 Å².